The molecule has 3 heterocycles. The van der Waals surface area contributed by atoms with Crippen molar-refractivity contribution in [2.45, 2.75) is 25.8 Å². The van der Waals surface area contributed by atoms with Gasteiger partial charge in [0.15, 0.2) is 0 Å². The molecule has 110 valence electrons. The summed E-state index contributed by atoms with van der Waals surface area (Å²) in [5.41, 5.74) is 1.15. The van der Waals surface area contributed by atoms with Gasteiger partial charge in [-0.25, -0.2) is 9.31 Å². The van der Waals surface area contributed by atoms with E-state index >= 15 is 0 Å². The van der Waals surface area contributed by atoms with Gasteiger partial charge in [0, 0.05) is 12.7 Å². The topological polar surface area (TPSA) is 74.9 Å². The van der Waals surface area contributed by atoms with Crippen molar-refractivity contribution in [2.24, 2.45) is 5.92 Å². The number of carboxylic acids is 1. The van der Waals surface area contributed by atoms with Gasteiger partial charge in [-0.15, -0.1) is 0 Å². The summed E-state index contributed by atoms with van der Waals surface area (Å²) in [6.45, 7) is 2.36. The van der Waals surface area contributed by atoms with E-state index in [0.717, 1.165) is 12.8 Å². The number of aromatic nitrogens is 2. The number of piperidine rings is 1. The lowest BCUT2D eigenvalue weighted by atomic mass is 9.90. The summed E-state index contributed by atoms with van der Waals surface area (Å²) in [5, 5.41) is 13.6. The maximum atomic E-state index is 12.7. The number of carbonyl (C=O) groups is 2. The van der Waals surface area contributed by atoms with E-state index in [9.17, 15) is 14.7 Å². The molecule has 2 aromatic heterocycles. The fraction of sp³-hybridized carbons (Fsp3) is 0.400. The van der Waals surface area contributed by atoms with E-state index in [4.69, 9.17) is 0 Å². The van der Waals surface area contributed by atoms with E-state index in [0.29, 0.717) is 17.6 Å². The first kappa shape index (κ1) is 13.6. The van der Waals surface area contributed by atoms with Gasteiger partial charge in [0.2, 0.25) is 0 Å². The third-order valence-corrected chi connectivity index (χ3v) is 4.10. The zero-order valence-electron chi connectivity index (χ0n) is 11.8. The van der Waals surface area contributed by atoms with E-state index in [1.54, 1.807) is 10.7 Å². The number of nitrogens with zero attached hydrogens (tertiary/aromatic N) is 3. The molecule has 1 amide bonds. The number of carboxylic acid groups (broad SMARTS) is 1. The molecule has 1 aliphatic heterocycles. The smallest absolute Gasteiger partial charge is 0.326 e. The summed E-state index contributed by atoms with van der Waals surface area (Å²) in [5.74, 6) is -1.23. The average Bonchev–Trinajstić information content (AvgIpc) is 2.89. The molecule has 6 nitrogen and oxygen atoms in total. The lowest BCUT2D eigenvalue weighted by Gasteiger charge is -2.37. The highest BCUT2D eigenvalue weighted by Crippen LogP contribution is 2.26. The van der Waals surface area contributed by atoms with Crippen LogP contribution in [0.4, 0.5) is 0 Å². The van der Waals surface area contributed by atoms with Gasteiger partial charge in [0.1, 0.15) is 6.04 Å². The maximum absolute atomic E-state index is 12.7. The third-order valence-electron chi connectivity index (χ3n) is 4.10. The van der Waals surface area contributed by atoms with Gasteiger partial charge in [-0.2, -0.15) is 5.10 Å². The van der Waals surface area contributed by atoms with Gasteiger partial charge < -0.3 is 10.0 Å². The van der Waals surface area contributed by atoms with Gasteiger partial charge in [-0.1, -0.05) is 13.0 Å². The molecule has 0 aromatic carbocycles. The summed E-state index contributed by atoms with van der Waals surface area (Å²) in [6.07, 6.45) is 4.93. The number of pyridine rings is 1. The molecule has 1 fully saturated rings. The molecule has 2 atom stereocenters. The van der Waals surface area contributed by atoms with Crippen molar-refractivity contribution in [2.75, 3.05) is 6.54 Å². The van der Waals surface area contributed by atoms with Crippen LogP contribution >= 0.6 is 0 Å². The Morgan fingerprint density at radius 2 is 2.19 bits per heavy atom. The summed E-state index contributed by atoms with van der Waals surface area (Å²) < 4.78 is 1.62. The second-order valence-electron chi connectivity index (χ2n) is 5.49. The first-order chi connectivity index (χ1) is 10.1. The van der Waals surface area contributed by atoms with Crippen molar-refractivity contribution in [3.63, 3.8) is 0 Å². The van der Waals surface area contributed by atoms with Crippen LogP contribution in [0.1, 0.15) is 30.1 Å². The van der Waals surface area contributed by atoms with Crippen LogP contribution in [-0.4, -0.2) is 44.1 Å². The minimum atomic E-state index is -0.938. The van der Waals surface area contributed by atoms with E-state index in [2.05, 4.69) is 5.10 Å². The number of hydrogen-bond acceptors (Lipinski definition) is 3. The molecule has 1 N–H and O–H groups in total. The Labute approximate surface area is 122 Å². The number of likely N-dealkylation sites (tertiary alicyclic amines) is 1. The Kier molecular flexibility index (Phi) is 3.37. The summed E-state index contributed by atoms with van der Waals surface area (Å²) >= 11 is 0. The molecule has 0 aliphatic carbocycles. The molecule has 3 rings (SSSR count). The molecule has 0 saturated carbocycles. The zero-order chi connectivity index (χ0) is 15.0. The SMILES string of the molecule is CC1CCCN(C(=O)c2cnn3ccccc23)C1C(=O)O. The number of aliphatic carboxylic acids is 1. The largest absolute Gasteiger partial charge is 0.480 e. The quantitative estimate of drug-likeness (QED) is 0.911. The molecule has 21 heavy (non-hydrogen) atoms. The average molecular weight is 287 g/mol. The fourth-order valence-corrected chi connectivity index (χ4v) is 3.05. The third kappa shape index (κ3) is 2.26. The van der Waals surface area contributed by atoms with Crippen molar-refractivity contribution in [1.82, 2.24) is 14.5 Å². The van der Waals surface area contributed by atoms with Crippen LogP contribution in [0.15, 0.2) is 30.6 Å². The number of rotatable bonds is 2. The first-order valence-electron chi connectivity index (χ1n) is 7.05. The Balaban J connectivity index is 1.98. The summed E-state index contributed by atoms with van der Waals surface area (Å²) in [4.78, 5) is 25.7. The zero-order valence-corrected chi connectivity index (χ0v) is 11.8. The van der Waals surface area contributed by atoms with Crippen LogP contribution in [0.25, 0.3) is 5.52 Å². The monoisotopic (exact) mass is 287 g/mol. The van der Waals surface area contributed by atoms with E-state index < -0.39 is 12.0 Å². The molecule has 6 heteroatoms. The lowest BCUT2D eigenvalue weighted by Crippen LogP contribution is -2.51. The van der Waals surface area contributed by atoms with E-state index in [1.165, 1.54) is 11.1 Å². The molecule has 1 saturated heterocycles. The Morgan fingerprint density at radius 3 is 2.95 bits per heavy atom. The molecule has 1 aliphatic rings. The van der Waals surface area contributed by atoms with Gasteiger partial charge >= 0.3 is 5.97 Å². The highest BCUT2D eigenvalue weighted by atomic mass is 16.4. The van der Waals surface area contributed by atoms with Crippen LogP contribution in [0, 0.1) is 5.92 Å². The highest BCUT2D eigenvalue weighted by Gasteiger charge is 2.38. The fourth-order valence-electron chi connectivity index (χ4n) is 3.05. The summed E-state index contributed by atoms with van der Waals surface area (Å²) in [7, 11) is 0. The number of fused-ring (bicyclic) bond motifs is 1. The molecule has 2 aromatic rings. The standard InChI is InChI=1S/C15H17N3O3/c1-10-5-4-7-17(13(10)15(20)21)14(19)11-9-16-18-8-3-2-6-12(11)18/h2-3,6,8-10,13H,4-5,7H2,1H3,(H,20,21). The van der Waals surface area contributed by atoms with Crippen molar-refractivity contribution in [3.8, 4) is 0 Å². The van der Waals surface area contributed by atoms with E-state index in [1.807, 2.05) is 25.1 Å². The van der Waals surface area contributed by atoms with Crippen molar-refractivity contribution in [1.29, 1.82) is 0 Å². The van der Waals surface area contributed by atoms with Gasteiger partial charge in [-0.05, 0) is 30.9 Å². The van der Waals surface area contributed by atoms with Crippen LogP contribution < -0.4 is 0 Å². The molecule has 0 spiro atoms. The second kappa shape index (κ2) is 5.20. The maximum Gasteiger partial charge on any atom is 0.326 e. The Hall–Kier alpha value is -2.37. The van der Waals surface area contributed by atoms with Crippen LogP contribution in [-0.2, 0) is 4.79 Å². The molecular formula is C15H17N3O3. The van der Waals surface area contributed by atoms with Crippen LogP contribution in [0.5, 0.6) is 0 Å². The van der Waals surface area contributed by atoms with Crippen LogP contribution in [0.3, 0.4) is 0 Å². The second-order valence-corrected chi connectivity index (χ2v) is 5.49. The van der Waals surface area contributed by atoms with Crippen molar-refractivity contribution in [3.05, 3.63) is 36.2 Å². The Morgan fingerprint density at radius 1 is 1.38 bits per heavy atom. The predicted octanol–water partition coefficient (Wildman–Crippen LogP) is 1.66. The minimum absolute atomic E-state index is 0.0398. The van der Waals surface area contributed by atoms with Crippen molar-refractivity contribution >= 4 is 17.4 Å². The number of hydrogen-bond donors (Lipinski definition) is 1. The highest BCUT2D eigenvalue weighted by molar-refractivity contribution is 6.02. The number of carbonyl (C=O) groups excluding carboxylic acids is 1. The van der Waals surface area contributed by atoms with Gasteiger partial charge in [0.05, 0.1) is 17.3 Å². The first-order valence-corrected chi connectivity index (χ1v) is 7.05. The molecule has 2 unspecified atom stereocenters. The van der Waals surface area contributed by atoms with Gasteiger partial charge in [0.25, 0.3) is 5.91 Å². The Bertz CT molecular complexity index is 694. The number of amides is 1. The lowest BCUT2D eigenvalue weighted by molar-refractivity contribution is -0.145. The summed E-state index contributed by atoms with van der Waals surface area (Å²) in [6, 6.07) is 4.71. The predicted molar refractivity (Wildman–Crippen MR) is 76.1 cm³/mol. The van der Waals surface area contributed by atoms with Gasteiger partial charge in [-0.3, -0.25) is 4.79 Å². The molecular weight excluding hydrogens is 270 g/mol. The molecule has 0 bridgehead atoms. The van der Waals surface area contributed by atoms with Crippen LogP contribution in [0.2, 0.25) is 0 Å². The van der Waals surface area contributed by atoms with Crippen molar-refractivity contribution < 1.29 is 14.7 Å². The molecule has 0 radical (unpaired) electrons. The van der Waals surface area contributed by atoms with E-state index in [-0.39, 0.29) is 11.8 Å². The minimum Gasteiger partial charge on any atom is -0.480 e. The normalized spacial score (nSPS) is 22.4.